The average Bonchev–Trinajstić information content (AvgIpc) is 3.00. The van der Waals surface area contributed by atoms with E-state index in [2.05, 4.69) is 31.9 Å². The molecule has 0 bridgehead atoms. The van der Waals surface area contributed by atoms with E-state index in [0.717, 1.165) is 49.7 Å². The summed E-state index contributed by atoms with van der Waals surface area (Å²) >= 11 is 0. The fourth-order valence-corrected chi connectivity index (χ4v) is 4.95. The standard InChI is InChI=1S/C30H42N10O6/c31-25(32)39-23-9-5-21(6-10-23)17-37-29(43)45-27(41)35-15-13-19-1-2-20(4-3-19)14-16-36-28(42)46-30(44)38-18-22-7-11-24(12-8-22)40-26(33)34/h5-12,19-20H,1-4,13-18H2,(H,35,41)(H,36,42)(H,37,43)(H,38,44)(H4,31,32,39)(H4,33,34,40)/t19-,20-. The molecule has 2 aromatic carbocycles. The molecule has 0 aliphatic heterocycles. The van der Waals surface area contributed by atoms with E-state index in [9.17, 15) is 19.2 Å². The van der Waals surface area contributed by atoms with Gasteiger partial charge in [0, 0.05) is 37.6 Å². The fraction of sp³-hybridized carbons (Fsp3) is 0.400. The van der Waals surface area contributed by atoms with E-state index >= 15 is 0 Å². The van der Waals surface area contributed by atoms with Gasteiger partial charge in [0.1, 0.15) is 0 Å². The number of benzene rings is 2. The number of nitrogens with two attached hydrogens (primary N) is 2. The lowest BCUT2D eigenvalue weighted by Gasteiger charge is -2.28. The summed E-state index contributed by atoms with van der Waals surface area (Å²) in [7, 11) is 0. The van der Waals surface area contributed by atoms with Crippen LogP contribution in [0.1, 0.15) is 49.7 Å². The molecule has 16 heteroatoms. The van der Waals surface area contributed by atoms with Crippen LogP contribution in [-0.2, 0) is 22.6 Å². The number of nitrogens with one attached hydrogen (secondary N) is 8. The summed E-state index contributed by atoms with van der Waals surface area (Å²) in [6, 6.07) is 13.8. The molecule has 12 N–H and O–H groups in total. The lowest BCUT2D eigenvalue weighted by Crippen LogP contribution is -2.34. The van der Waals surface area contributed by atoms with Crippen LogP contribution in [0.4, 0.5) is 30.6 Å². The van der Waals surface area contributed by atoms with Gasteiger partial charge in [-0.25, -0.2) is 19.2 Å². The van der Waals surface area contributed by atoms with Crippen LogP contribution in [0.2, 0.25) is 0 Å². The van der Waals surface area contributed by atoms with Gasteiger partial charge in [0.25, 0.3) is 0 Å². The largest absolute Gasteiger partial charge is 0.416 e. The van der Waals surface area contributed by atoms with E-state index in [4.69, 9.17) is 31.8 Å². The third-order valence-electron chi connectivity index (χ3n) is 7.32. The third kappa shape index (κ3) is 13.8. The topological polar surface area (TPSA) is 259 Å². The molecule has 1 saturated carbocycles. The molecule has 0 radical (unpaired) electrons. The Bertz CT molecular complexity index is 1240. The molecule has 1 aliphatic rings. The number of carbonyl (C=O) groups is 4. The van der Waals surface area contributed by atoms with E-state index in [0.29, 0.717) is 36.3 Å². The molecule has 46 heavy (non-hydrogen) atoms. The minimum atomic E-state index is -0.853. The Labute approximate surface area is 266 Å². The van der Waals surface area contributed by atoms with E-state index in [-0.39, 0.29) is 25.0 Å². The zero-order chi connectivity index (χ0) is 33.3. The molecule has 0 heterocycles. The van der Waals surface area contributed by atoms with Crippen LogP contribution in [0, 0.1) is 22.7 Å². The van der Waals surface area contributed by atoms with Gasteiger partial charge in [-0.2, -0.15) is 0 Å². The van der Waals surface area contributed by atoms with Crippen LogP contribution in [0.25, 0.3) is 0 Å². The van der Waals surface area contributed by atoms with Gasteiger partial charge in [-0.05, 0) is 60.1 Å². The van der Waals surface area contributed by atoms with Crippen LogP contribution < -0.4 is 43.4 Å². The predicted octanol–water partition coefficient (Wildman–Crippen LogP) is 3.46. The number of rotatable bonds is 12. The highest BCUT2D eigenvalue weighted by Crippen LogP contribution is 2.32. The molecular formula is C30H42N10O6. The maximum Gasteiger partial charge on any atom is 0.416 e. The highest BCUT2D eigenvalue weighted by atomic mass is 16.6. The van der Waals surface area contributed by atoms with E-state index in [1.165, 1.54) is 0 Å². The van der Waals surface area contributed by atoms with Gasteiger partial charge in [-0.3, -0.25) is 10.8 Å². The normalized spacial score (nSPS) is 15.4. The first-order valence-electron chi connectivity index (χ1n) is 14.9. The molecule has 16 nitrogen and oxygen atoms in total. The molecular weight excluding hydrogens is 596 g/mol. The zero-order valence-corrected chi connectivity index (χ0v) is 25.4. The molecule has 0 aromatic heterocycles. The van der Waals surface area contributed by atoms with E-state index in [1.807, 2.05) is 0 Å². The monoisotopic (exact) mass is 638 g/mol. The predicted molar refractivity (Wildman–Crippen MR) is 172 cm³/mol. The van der Waals surface area contributed by atoms with Crippen molar-refractivity contribution < 1.29 is 28.7 Å². The molecule has 248 valence electrons. The van der Waals surface area contributed by atoms with Crippen molar-refractivity contribution in [2.75, 3.05) is 23.7 Å². The third-order valence-corrected chi connectivity index (χ3v) is 7.32. The summed E-state index contributed by atoms with van der Waals surface area (Å²) in [5.41, 5.74) is 13.4. The molecule has 0 unspecified atom stereocenters. The first-order chi connectivity index (χ1) is 22.0. The summed E-state index contributed by atoms with van der Waals surface area (Å²) in [6.45, 7) is 1.12. The number of carbonyl (C=O) groups excluding carboxylic acids is 4. The Morgan fingerprint density at radius 2 is 0.913 bits per heavy atom. The number of amides is 4. The van der Waals surface area contributed by atoms with Gasteiger partial charge < -0.3 is 52.8 Å². The molecule has 0 saturated heterocycles. The maximum absolute atomic E-state index is 12.0. The smallest absolute Gasteiger partial charge is 0.370 e. The fourth-order valence-electron chi connectivity index (χ4n) is 4.95. The summed E-state index contributed by atoms with van der Waals surface area (Å²) in [5, 5.41) is 30.0. The van der Waals surface area contributed by atoms with Gasteiger partial charge in [-0.1, -0.05) is 49.9 Å². The summed E-state index contributed by atoms with van der Waals surface area (Å²) in [5.74, 6) is 0.526. The Morgan fingerprint density at radius 1 is 0.587 bits per heavy atom. The van der Waals surface area contributed by atoms with Crippen molar-refractivity contribution in [1.82, 2.24) is 21.3 Å². The minimum absolute atomic E-state index is 0.168. The van der Waals surface area contributed by atoms with Crippen molar-refractivity contribution in [2.24, 2.45) is 23.3 Å². The number of alkyl carbamates (subject to hydrolysis) is 4. The van der Waals surface area contributed by atoms with Gasteiger partial charge >= 0.3 is 24.4 Å². The van der Waals surface area contributed by atoms with Gasteiger partial charge in [-0.15, -0.1) is 0 Å². The Kier molecular flexibility index (Phi) is 13.9. The molecule has 1 aliphatic carbocycles. The van der Waals surface area contributed by atoms with Gasteiger partial charge in [0.15, 0.2) is 11.9 Å². The maximum atomic E-state index is 12.0. The molecule has 2 aromatic rings. The number of ether oxygens (including phenoxy) is 2. The second-order valence-electron chi connectivity index (χ2n) is 10.8. The van der Waals surface area contributed by atoms with Crippen LogP contribution >= 0.6 is 0 Å². The van der Waals surface area contributed by atoms with Crippen molar-refractivity contribution >= 4 is 47.7 Å². The number of hydrogen-bond donors (Lipinski definition) is 10. The molecule has 1 fully saturated rings. The molecule has 4 amide bonds. The van der Waals surface area contributed by atoms with Crippen molar-refractivity contribution in [3.63, 3.8) is 0 Å². The zero-order valence-electron chi connectivity index (χ0n) is 25.4. The van der Waals surface area contributed by atoms with Crippen LogP contribution in [0.3, 0.4) is 0 Å². The Morgan fingerprint density at radius 3 is 1.24 bits per heavy atom. The van der Waals surface area contributed by atoms with Crippen molar-refractivity contribution in [3.8, 4) is 0 Å². The number of hydrogen-bond acceptors (Lipinski definition) is 8. The van der Waals surface area contributed by atoms with Gasteiger partial charge in [0.05, 0.1) is 0 Å². The second kappa shape index (κ2) is 18.3. The Balaban J connectivity index is 1.19. The first kappa shape index (κ1) is 34.9. The number of guanidine groups is 2. The first-order valence-corrected chi connectivity index (χ1v) is 14.9. The molecule has 0 atom stereocenters. The molecule has 3 rings (SSSR count). The van der Waals surface area contributed by atoms with Gasteiger partial charge in [0.2, 0.25) is 0 Å². The lowest BCUT2D eigenvalue weighted by atomic mass is 9.79. The van der Waals surface area contributed by atoms with Crippen molar-refractivity contribution in [3.05, 3.63) is 59.7 Å². The SMILES string of the molecule is N=C(N)Nc1ccc(CNC(=O)OC(=O)NCC[C@H]2CC[C@H](CCNC(=O)OC(=O)NCc3ccc(NC(=N)N)cc3)CC2)cc1. The van der Waals surface area contributed by atoms with E-state index < -0.39 is 24.4 Å². The highest BCUT2D eigenvalue weighted by Gasteiger charge is 2.22. The quantitative estimate of drug-likeness (QED) is 0.0919. The summed E-state index contributed by atoms with van der Waals surface area (Å²) in [6.07, 6.45) is 2.16. The Hall–Kier alpha value is -5.54. The summed E-state index contributed by atoms with van der Waals surface area (Å²) < 4.78 is 9.50. The van der Waals surface area contributed by atoms with E-state index in [1.54, 1.807) is 48.5 Å². The van der Waals surface area contributed by atoms with Crippen LogP contribution in [0.5, 0.6) is 0 Å². The lowest BCUT2D eigenvalue weighted by molar-refractivity contribution is 0.146. The van der Waals surface area contributed by atoms with Crippen molar-refractivity contribution in [1.29, 1.82) is 10.8 Å². The van der Waals surface area contributed by atoms with Crippen molar-refractivity contribution in [2.45, 2.75) is 51.6 Å². The van der Waals surface area contributed by atoms with Crippen LogP contribution in [0.15, 0.2) is 48.5 Å². The average molecular weight is 639 g/mol. The highest BCUT2D eigenvalue weighted by molar-refractivity contribution is 5.90. The second-order valence-corrected chi connectivity index (χ2v) is 10.8. The van der Waals surface area contributed by atoms with Crippen LogP contribution in [-0.4, -0.2) is 49.4 Å². The summed E-state index contributed by atoms with van der Waals surface area (Å²) in [4.78, 5) is 47.8. The molecule has 0 spiro atoms. The number of anilines is 2. The minimum Gasteiger partial charge on any atom is -0.370 e.